The van der Waals surface area contributed by atoms with Gasteiger partial charge in [0, 0.05) is 12.8 Å². The highest BCUT2D eigenvalue weighted by atomic mass is 31.2. The fourth-order valence-electron chi connectivity index (χ4n) is 5.96. The molecule has 2 atom stereocenters. The SMILES string of the molecule is CC/C=C/C=C/C=C/C=C/CCCCCC(=O)OC(COC(=O)CCCCCCCCCCCCCCCCCCCCC)COP(=O)([O-])OCC[N+](C)(C)C. The van der Waals surface area contributed by atoms with Crippen molar-refractivity contribution >= 4 is 19.8 Å². The number of allylic oxidation sites excluding steroid dienone is 8. The molecule has 9 nitrogen and oxygen atoms in total. The first-order valence-corrected chi connectivity index (χ1v) is 23.9. The number of ether oxygens (including phenoxy) is 2. The van der Waals surface area contributed by atoms with Gasteiger partial charge in [-0.25, -0.2) is 0 Å². The summed E-state index contributed by atoms with van der Waals surface area (Å²) in [5, 5.41) is 0. The van der Waals surface area contributed by atoms with E-state index in [0.29, 0.717) is 17.4 Å². The van der Waals surface area contributed by atoms with Crippen LogP contribution in [-0.4, -0.2) is 70.0 Å². The molecule has 0 spiro atoms. The molecule has 0 aliphatic carbocycles. The maximum absolute atomic E-state index is 12.6. The van der Waals surface area contributed by atoms with Crippen molar-refractivity contribution in [2.45, 2.75) is 187 Å². The number of hydrogen-bond acceptors (Lipinski definition) is 8. The number of esters is 2. The number of quaternary nitrogens is 1. The van der Waals surface area contributed by atoms with E-state index in [0.717, 1.165) is 44.9 Å². The summed E-state index contributed by atoms with van der Waals surface area (Å²) in [5.41, 5.74) is 0. The fraction of sp³-hybridized carbons (Fsp3) is 0.783. The van der Waals surface area contributed by atoms with E-state index in [9.17, 15) is 19.0 Å². The number of unbranched alkanes of at least 4 members (excludes halogenated alkanes) is 21. The van der Waals surface area contributed by atoms with E-state index in [4.69, 9.17) is 18.5 Å². The molecule has 0 fully saturated rings. The summed E-state index contributed by atoms with van der Waals surface area (Å²) in [4.78, 5) is 37.5. The van der Waals surface area contributed by atoms with Gasteiger partial charge in [-0.2, -0.15) is 0 Å². The molecular weight excluding hydrogens is 725 g/mol. The van der Waals surface area contributed by atoms with Crippen molar-refractivity contribution in [1.82, 2.24) is 0 Å². The first kappa shape index (κ1) is 54.0. The molecule has 0 heterocycles. The fourth-order valence-corrected chi connectivity index (χ4v) is 6.69. The lowest BCUT2D eigenvalue weighted by Crippen LogP contribution is -2.37. The van der Waals surface area contributed by atoms with E-state index < -0.39 is 32.5 Å². The van der Waals surface area contributed by atoms with Crippen molar-refractivity contribution in [3.8, 4) is 0 Å². The number of nitrogens with zero attached hydrogens (tertiary/aromatic N) is 1. The standard InChI is InChI=1S/C46H84NO8P/c1-6-8-10-12-14-16-18-20-21-22-23-24-25-27-28-30-32-34-36-38-45(48)52-42-44(43-54-56(50,51)53-41-40-47(3,4)5)55-46(49)39-37-35-33-31-29-26-19-17-15-13-11-9-7-2/h9,11,13,15,17,19,26,29,44H,6-8,10,12,14,16,18,20-25,27-28,30-43H2,1-5H3/b11-9+,15-13+,19-17+,29-26+. The smallest absolute Gasteiger partial charge is 0.306 e. The first-order valence-electron chi connectivity index (χ1n) is 22.4. The highest BCUT2D eigenvalue weighted by Gasteiger charge is 2.21. The maximum atomic E-state index is 12.6. The Morgan fingerprint density at radius 1 is 0.571 bits per heavy atom. The summed E-state index contributed by atoms with van der Waals surface area (Å²) in [6.45, 7) is 4.04. The number of phosphoric acid groups is 1. The van der Waals surface area contributed by atoms with E-state index in [-0.39, 0.29) is 26.1 Å². The highest BCUT2D eigenvalue weighted by molar-refractivity contribution is 7.45. The molecule has 326 valence electrons. The molecule has 0 N–H and O–H groups in total. The Morgan fingerprint density at radius 3 is 1.52 bits per heavy atom. The molecule has 0 aliphatic rings. The van der Waals surface area contributed by atoms with E-state index in [1.165, 1.54) is 103 Å². The van der Waals surface area contributed by atoms with Crippen LogP contribution in [0.25, 0.3) is 0 Å². The molecule has 0 aromatic rings. The van der Waals surface area contributed by atoms with Gasteiger partial charge >= 0.3 is 11.9 Å². The summed E-state index contributed by atoms with van der Waals surface area (Å²) in [6, 6.07) is 0. The second kappa shape index (κ2) is 38.5. The van der Waals surface area contributed by atoms with Gasteiger partial charge in [0.15, 0.2) is 6.10 Å². The van der Waals surface area contributed by atoms with Gasteiger partial charge in [0.1, 0.15) is 19.8 Å². The van der Waals surface area contributed by atoms with Crippen molar-refractivity contribution in [2.24, 2.45) is 0 Å². The van der Waals surface area contributed by atoms with Crippen LogP contribution >= 0.6 is 7.82 Å². The second-order valence-electron chi connectivity index (χ2n) is 16.1. The Labute approximate surface area is 343 Å². The van der Waals surface area contributed by atoms with Gasteiger partial charge in [0.05, 0.1) is 27.7 Å². The van der Waals surface area contributed by atoms with Crippen LogP contribution in [0.1, 0.15) is 181 Å². The zero-order valence-electron chi connectivity index (χ0n) is 36.6. The van der Waals surface area contributed by atoms with E-state index in [1.54, 1.807) is 0 Å². The zero-order valence-corrected chi connectivity index (χ0v) is 37.5. The Kier molecular flexibility index (Phi) is 37.1. The predicted molar refractivity (Wildman–Crippen MR) is 231 cm³/mol. The highest BCUT2D eigenvalue weighted by Crippen LogP contribution is 2.38. The van der Waals surface area contributed by atoms with E-state index >= 15 is 0 Å². The minimum Gasteiger partial charge on any atom is -0.756 e. The van der Waals surface area contributed by atoms with Gasteiger partial charge in [0.25, 0.3) is 7.82 Å². The number of phosphoric ester groups is 1. The average molecular weight is 810 g/mol. The first-order chi connectivity index (χ1) is 27.0. The molecule has 0 amide bonds. The predicted octanol–water partition coefficient (Wildman–Crippen LogP) is 12.1. The number of likely N-dealkylation sites (N-methyl/N-ethyl adjacent to an activating group) is 1. The number of carbonyl (C=O) groups is 2. The van der Waals surface area contributed by atoms with Crippen molar-refractivity contribution < 1.29 is 42.1 Å². The van der Waals surface area contributed by atoms with Crippen LogP contribution in [0.4, 0.5) is 0 Å². The number of carbonyl (C=O) groups excluding carboxylic acids is 2. The van der Waals surface area contributed by atoms with Crippen molar-refractivity contribution in [2.75, 3.05) is 47.5 Å². The summed E-state index contributed by atoms with van der Waals surface area (Å²) >= 11 is 0. The van der Waals surface area contributed by atoms with Crippen LogP contribution in [0.15, 0.2) is 48.6 Å². The van der Waals surface area contributed by atoms with Crippen LogP contribution in [-0.2, 0) is 32.7 Å². The normalized spacial score (nSPS) is 14.0. The Hall–Kier alpha value is -2.03. The third kappa shape index (κ3) is 41.6. The molecule has 2 unspecified atom stereocenters. The molecule has 0 aromatic heterocycles. The molecule has 10 heteroatoms. The monoisotopic (exact) mass is 810 g/mol. The minimum absolute atomic E-state index is 0.0394. The van der Waals surface area contributed by atoms with Crippen LogP contribution in [0.3, 0.4) is 0 Å². The van der Waals surface area contributed by atoms with Gasteiger partial charge in [0.2, 0.25) is 0 Å². The number of hydrogen-bond donors (Lipinski definition) is 0. The van der Waals surface area contributed by atoms with Crippen LogP contribution in [0.2, 0.25) is 0 Å². The Bertz CT molecular complexity index is 1100. The lowest BCUT2D eigenvalue weighted by atomic mass is 10.0. The van der Waals surface area contributed by atoms with E-state index in [2.05, 4.69) is 26.0 Å². The van der Waals surface area contributed by atoms with Gasteiger partial charge in [-0.05, 0) is 32.1 Å². The molecule has 0 bridgehead atoms. The lowest BCUT2D eigenvalue weighted by Gasteiger charge is -2.28. The van der Waals surface area contributed by atoms with Crippen molar-refractivity contribution in [3.63, 3.8) is 0 Å². The summed E-state index contributed by atoms with van der Waals surface area (Å²) in [5.74, 6) is -0.878. The minimum atomic E-state index is -4.63. The number of rotatable bonds is 40. The lowest BCUT2D eigenvalue weighted by molar-refractivity contribution is -0.870. The van der Waals surface area contributed by atoms with Crippen LogP contribution in [0.5, 0.6) is 0 Å². The summed E-state index contributed by atoms with van der Waals surface area (Å²) in [6.07, 6.45) is 44.3. The average Bonchev–Trinajstić information content (AvgIpc) is 3.15. The Morgan fingerprint density at radius 2 is 1.02 bits per heavy atom. The Balaban J connectivity index is 4.33. The maximum Gasteiger partial charge on any atom is 0.306 e. The van der Waals surface area contributed by atoms with E-state index in [1.807, 2.05) is 57.6 Å². The van der Waals surface area contributed by atoms with Crippen molar-refractivity contribution in [1.29, 1.82) is 0 Å². The quantitative estimate of drug-likeness (QED) is 0.0198. The topological polar surface area (TPSA) is 111 Å². The molecular formula is C46H84NO8P. The molecule has 56 heavy (non-hydrogen) atoms. The molecule has 0 saturated carbocycles. The second-order valence-corrected chi connectivity index (χ2v) is 17.5. The largest absolute Gasteiger partial charge is 0.756 e. The third-order valence-corrected chi connectivity index (χ3v) is 10.4. The molecule has 0 aliphatic heterocycles. The van der Waals surface area contributed by atoms with Crippen LogP contribution < -0.4 is 4.89 Å². The third-order valence-electron chi connectivity index (χ3n) is 9.46. The molecule has 0 radical (unpaired) electrons. The molecule has 0 aromatic carbocycles. The summed E-state index contributed by atoms with van der Waals surface area (Å²) < 4.78 is 33.8. The van der Waals surface area contributed by atoms with Gasteiger partial charge < -0.3 is 27.9 Å². The molecule has 0 rings (SSSR count). The zero-order chi connectivity index (χ0) is 41.4. The van der Waals surface area contributed by atoms with Gasteiger partial charge in [-0.1, -0.05) is 184 Å². The van der Waals surface area contributed by atoms with Crippen LogP contribution in [0, 0.1) is 0 Å². The molecule has 0 saturated heterocycles. The van der Waals surface area contributed by atoms with Gasteiger partial charge in [-0.15, -0.1) is 0 Å². The summed E-state index contributed by atoms with van der Waals surface area (Å²) in [7, 11) is 1.14. The van der Waals surface area contributed by atoms with Crippen molar-refractivity contribution in [3.05, 3.63) is 48.6 Å². The van der Waals surface area contributed by atoms with Gasteiger partial charge in [-0.3, -0.25) is 14.2 Å².